The Hall–Kier alpha value is -2.27. The van der Waals surface area contributed by atoms with Gasteiger partial charge in [-0.25, -0.2) is 0 Å². The van der Waals surface area contributed by atoms with Gasteiger partial charge in [0, 0.05) is 24.5 Å². The van der Waals surface area contributed by atoms with Crippen molar-refractivity contribution in [3.8, 4) is 0 Å². The zero-order valence-corrected chi connectivity index (χ0v) is 13.1. The van der Waals surface area contributed by atoms with E-state index >= 15 is 0 Å². The number of rotatable bonds is 5. The molecule has 1 atom stereocenters. The summed E-state index contributed by atoms with van der Waals surface area (Å²) in [6.07, 6.45) is 3.50. The number of amides is 1. The summed E-state index contributed by atoms with van der Waals surface area (Å²) >= 11 is 6.17. The van der Waals surface area contributed by atoms with Crippen LogP contribution in [0.25, 0.3) is 0 Å². The van der Waals surface area contributed by atoms with Gasteiger partial charge in [-0.05, 0) is 17.7 Å². The molecule has 5 nitrogen and oxygen atoms in total. The van der Waals surface area contributed by atoms with E-state index in [4.69, 9.17) is 16.3 Å². The van der Waals surface area contributed by atoms with Crippen LogP contribution in [-0.4, -0.2) is 23.6 Å². The number of halogens is 1. The molecule has 116 valence electrons. The highest BCUT2D eigenvalue weighted by Crippen LogP contribution is 2.25. The van der Waals surface area contributed by atoms with E-state index in [-0.39, 0.29) is 12.3 Å². The maximum Gasteiger partial charge on any atom is 0.307 e. The summed E-state index contributed by atoms with van der Waals surface area (Å²) < 4.78 is 6.47. The monoisotopic (exact) mass is 320 g/mol. The molecule has 22 heavy (non-hydrogen) atoms. The van der Waals surface area contributed by atoms with E-state index in [1.807, 2.05) is 7.05 Å². The first kappa shape index (κ1) is 16.1. The maximum atomic E-state index is 12.3. The summed E-state index contributed by atoms with van der Waals surface area (Å²) in [5.74, 6) is -0.687. The number of hydrogen-bond acceptors (Lipinski definition) is 3. The van der Waals surface area contributed by atoms with Crippen molar-refractivity contribution in [1.82, 2.24) is 9.88 Å². The number of carbonyl (C=O) groups excluding carboxylic acids is 2. The van der Waals surface area contributed by atoms with Gasteiger partial charge in [0.05, 0.1) is 25.1 Å². The lowest BCUT2D eigenvalue weighted by Gasteiger charge is -2.19. The Kier molecular flexibility index (Phi) is 5.22. The van der Waals surface area contributed by atoms with E-state index < -0.39 is 12.0 Å². The summed E-state index contributed by atoms with van der Waals surface area (Å²) in [4.78, 5) is 23.9. The van der Waals surface area contributed by atoms with Crippen LogP contribution in [0.5, 0.6) is 0 Å². The molecule has 6 heteroatoms. The fourth-order valence-electron chi connectivity index (χ4n) is 2.13. The Balaban J connectivity index is 2.23. The Morgan fingerprint density at radius 3 is 2.64 bits per heavy atom. The van der Waals surface area contributed by atoms with E-state index in [9.17, 15) is 9.59 Å². The van der Waals surface area contributed by atoms with E-state index in [0.29, 0.717) is 16.1 Å². The molecule has 1 aromatic heterocycles. The molecular formula is C16H17ClN2O3. The third-order valence-corrected chi connectivity index (χ3v) is 3.62. The quantitative estimate of drug-likeness (QED) is 0.862. The standard InChI is InChI=1S/C16H17ClN2O3/c1-19-8-7-11(10-19)16(21)18-14(9-15(20)22-2)12-5-3-4-6-13(12)17/h3-8,10,14H,9H2,1-2H3,(H,18,21). The molecule has 0 aliphatic carbocycles. The van der Waals surface area contributed by atoms with Gasteiger partial charge in [0.1, 0.15) is 0 Å². The molecule has 0 saturated heterocycles. The number of nitrogens with one attached hydrogen (secondary N) is 1. The Bertz CT molecular complexity index is 682. The Morgan fingerprint density at radius 2 is 2.05 bits per heavy atom. The first-order valence-corrected chi connectivity index (χ1v) is 7.13. The second-order valence-corrected chi connectivity index (χ2v) is 5.30. The van der Waals surface area contributed by atoms with Crippen molar-refractivity contribution in [2.24, 2.45) is 7.05 Å². The molecule has 0 spiro atoms. The lowest BCUT2D eigenvalue weighted by molar-refractivity contribution is -0.141. The molecule has 0 saturated carbocycles. The molecular weight excluding hydrogens is 304 g/mol. The highest BCUT2D eigenvalue weighted by Gasteiger charge is 2.21. The fourth-order valence-corrected chi connectivity index (χ4v) is 2.39. The van der Waals surface area contributed by atoms with Gasteiger partial charge in [-0.15, -0.1) is 0 Å². The van der Waals surface area contributed by atoms with Crippen LogP contribution >= 0.6 is 11.6 Å². The SMILES string of the molecule is COC(=O)CC(NC(=O)c1ccn(C)c1)c1ccccc1Cl. The third-order valence-electron chi connectivity index (χ3n) is 3.28. The number of hydrogen-bond donors (Lipinski definition) is 1. The van der Waals surface area contributed by atoms with Crippen molar-refractivity contribution >= 4 is 23.5 Å². The molecule has 0 aliphatic rings. The zero-order chi connectivity index (χ0) is 16.1. The Labute approximate surface area is 133 Å². The molecule has 0 bridgehead atoms. The summed E-state index contributed by atoms with van der Waals surface area (Å²) in [7, 11) is 3.14. The second-order valence-electron chi connectivity index (χ2n) is 4.89. The van der Waals surface area contributed by atoms with Gasteiger partial charge in [0.2, 0.25) is 0 Å². The molecule has 1 amide bonds. The summed E-state index contributed by atoms with van der Waals surface area (Å²) in [5, 5.41) is 3.32. The fraction of sp³-hybridized carbons (Fsp3) is 0.250. The van der Waals surface area contributed by atoms with Gasteiger partial charge in [-0.2, -0.15) is 0 Å². The van der Waals surface area contributed by atoms with Crippen LogP contribution in [0.3, 0.4) is 0 Å². The van der Waals surface area contributed by atoms with Crippen molar-refractivity contribution in [2.75, 3.05) is 7.11 Å². The number of carbonyl (C=O) groups is 2. The molecule has 0 fully saturated rings. The molecule has 0 radical (unpaired) electrons. The van der Waals surface area contributed by atoms with Gasteiger partial charge in [0.15, 0.2) is 0 Å². The molecule has 1 unspecified atom stereocenters. The van der Waals surface area contributed by atoms with Gasteiger partial charge < -0.3 is 14.6 Å². The lowest BCUT2D eigenvalue weighted by Crippen LogP contribution is -2.30. The summed E-state index contributed by atoms with van der Waals surface area (Å²) in [6, 6.07) is 8.25. The van der Waals surface area contributed by atoms with Crippen LogP contribution in [0.15, 0.2) is 42.7 Å². The summed E-state index contributed by atoms with van der Waals surface area (Å²) in [6.45, 7) is 0. The predicted molar refractivity (Wildman–Crippen MR) is 83.7 cm³/mol. The van der Waals surface area contributed by atoms with E-state index in [2.05, 4.69) is 5.32 Å². The molecule has 0 aliphatic heterocycles. The van der Waals surface area contributed by atoms with Crippen molar-refractivity contribution in [3.05, 3.63) is 58.9 Å². The predicted octanol–water partition coefficient (Wildman–Crippen LogP) is 2.71. The average Bonchev–Trinajstić information content (AvgIpc) is 2.93. The van der Waals surface area contributed by atoms with Crippen molar-refractivity contribution in [3.63, 3.8) is 0 Å². The minimum absolute atomic E-state index is 0.0127. The molecule has 2 rings (SSSR count). The number of aryl methyl sites for hydroxylation is 1. The maximum absolute atomic E-state index is 12.3. The van der Waals surface area contributed by atoms with Gasteiger partial charge >= 0.3 is 5.97 Å². The third kappa shape index (κ3) is 3.89. The normalized spacial score (nSPS) is 11.8. The largest absolute Gasteiger partial charge is 0.469 e. The van der Waals surface area contributed by atoms with E-state index in [0.717, 1.165) is 0 Å². The highest BCUT2D eigenvalue weighted by molar-refractivity contribution is 6.31. The number of nitrogens with zero attached hydrogens (tertiary/aromatic N) is 1. The number of aromatic nitrogens is 1. The van der Waals surface area contributed by atoms with Crippen LogP contribution in [0, 0.1) is 0 Å². The van der Waals surface area contributed by atoms with Gasteiger partial charge in [-0.3, -0.25) is 9.59 Å². The minimum atomic E-state index is -0.547. The number of ether oxygens (including phenoxy) is 1. The van der Waals surface area contributed by atoms with Crippen LogP contribution in [-0.2, 0) is 16.6 Å². The van der Waals surface area contributed by atoms with E-state index in [1.165, 1.54) is 7.11 Å². The van der Waals surface area contributed by atoms with Crippen LogP contribution in [0.2, 0.25) is 5.02 Å². The zero-order valence-electron chi connectivity index (χ0n) is 12.4. The van der Waals surface area contributed by atoms with Crippen molar-refractivity contribution in [1.29, 1.82) is 0 Å². The molecule has 2 aromatic rings. The van der Waals surface area contributed by atoms with Crippen LogP contribution < -0.4 is 5.32 Å². The van der Waals surface area contributed by atoms with Gasteiger partial charge in [0.25, 0.3) is 5.91 Å². The van der Waals surface area contributed by atoms with Gasteiger partial charge in [-0.1, -0.05) is 29.8 Å². The van der Waals surface area contributed by atoms with Crippen molar-refractivity contribution < 1.29 is 14.3 Å². The molecule has 1 heterocycles. The lowest BCUT2D eigenvalue weighted by atomic mass is 10.0. The van der Waals surface area contributed by atoms with E-state index in [1.54, 1.807) is 47.3 Å². The topological polar surface area (TPSA) is 60.3 Å². The summed E-state index contributed by atoms with van der Waals surface area (Å²) in [5.41, 5.74) is 1.20. The smallest absolute Gasteiger partial charge is 0.307 e. The Morgan fingerprint density at radius 1 is 1.32 bits per heavy atom. The number of esters is 1. The second kappa shape index (κ2) is 7.13. The molecule has 1 aromatic carbocycles. The van der Waals surface area contributed by atoms with Crippen LogP contribution in [0.4, 0.5) is 0 Å². The first-order chi connectivity index (χ1) is 10.5. The minimum Gasteiger partial charge on any atom is -0.469 e. The average molecular weight is 321 g/mol. The number of benzene rings is 1. The number of methoxy groups -OCH3 is 1. The van der Waals surface area contributed by atoms with Crippen LogP contribution in [0.1, 0.15) is 28.4 Å². The molecule has 1 N–H and O–H groups in total. The first-order valence-electron chi connectivity index (χ1n) is 6.75. The van der Waals surface area contributed by atoms with Crippen molar-refractivity contribution in [2.45, 2.75) is 12.5 Å². The highest BCUT2D eigenvalue weighted by atomic mass is 35.5.